The molecule has 1 N–H and O–H groups in total. The molecule has 2 rings (SSSR count). The van der Waals surface area contributed by atoms with Crippen LogP contribution in [-0.4, -0.2) is 29.5 Å². The average molecular weight is 251 g/mol. The molecule has 4 heteroatoms. The first-order valence-corrected chi connectivity index (χ1v) is 6.98. The third-order valence-electron chi connectivity index (χ3n) is 4.22. The van der Waals surface area contributed by atoms with Gasteiger partial charge in [-0.2, -0.15) is 5.10 Å². The quantitative estimate of drug-likeness (QED) is 0.874. The van der Waals surface area contributed by atoms with Crippen molar-refractivity contribution in [1.29, 1.82) is 0 Å². The standard InChI is InChI=1S/C14H25N3O/c1-11-5-4-6-14(12(11)2)16-13-9-15-17(10-13)7-8-18-3/h9-12,14,16H,4-8H2,1-3H3. The fraction of sp³-hybridized carbons (Fsp3) is 0.786. The number of hydrogen-bond donors (Lipinski definition) is 1. The third kappa shape index (κ3) is 3.25. The Hall–Kier alpha value is -1.03. The van der Waals surface area contributed by atoms with Crippen LogP contribution in [0, 0.1) is 11.8 Å². The number of nitrogens with one attached hydrogen (secondary N) is 1. The van der Waals surface area contributed by atoms with Crippen LogP contribution in [0.1, 0.15) is 33.1 Å². The van der Waals surface area contributed by atoms with Crippen LogP contribution in [0.4, 0.5) is 5.69 Å². The zero-order valence-corrected chi connectivity index (χ0v) is 11.7. The van der Waals surface area contributed by atoms with Gasteiger partial charge in [-0.05, 0) is 18.3 Å². The molecule has 1 fully saturated rings. The third-order valence-corrected chi connectivity index (χ3v) is 4.22. The zero-order valence-electron chi connectivity index (χ0n) is 11.7. The Bertz CT molecular complexity index is 364. The number of ether oxygens (including phenoxy) is 1. The molecule has 1 aliphatic rings. The van der Waals surface area contributed by atoms with Crippen molar-refractivity contribution in [2.45, 2.75) is 45.7 Å². The van der Waals surface area contributed by atoms with E-state index in [1.807, 2.05) is 10.9 Å². The van der Waals surface area contributed by atoms with Gasteiger partial charge < -0.3 is 10.1 Å². The lowest BCUT2D eigenvalue weighted by molar-refractivity contribution is 0.183. The summed E-state index contributed by atoms with van der Waals surface area (Å²) in [7, 11) is 1.72. The van der Waals surface area contributed by atoms with Gasteiger partial charge in [0.1, 0.15) is 0 Å². The largest absolute Gasteiger partial charge is 0.383 e. The van der Waals surface area contributed by atoms with E-state index in [1.54, 1.807) is 7.11 Å². The first-order valence-electron chi connectivity index (χ1n) is 6.98. The lowest BCUT2D eigenvalue weighted by atomic mass is 9.78. The number of nitrogens with zero attached hydrogens (tertiary/aromatic N) is 2. The van der Waals surface area contributed by atoms with E-state index in [2.05, 4.69) is 30.5 Å². The van der Waals surface area contributed by atoms with Crippen LogP contribution in [0.5, 0.6) is 0 Å². The van der Waals surface area contributed by atoms with Crippen molar-refractivity contribution in [1.82, 2.24) is 9.78 Å². The molecule has 1 saturated carbocycles. The highest BCUT2D eigenvalue weighted by Crippen LogP contribution is 2.31. The second-order valence-electron chi connectivity index (χ2n) is 5.50. The van der Waals surface area contributed by atoms with Gasteiger partial charge in [-0.1, -0.05) is 26.7 Å². The van der Waals surface area contributed by atoms with E-state index in [1.165, 1.54) is 19.3 Å². The van der Waals surface area contributed by atoms with Crippen LogP contribution in [0.3, 0.4) is 0 Å². The molecule has 3 atom stereocenters. The lowest BCUT2D eigenvalue weighted by Crippen LogP contribution is -2.34. The Morgan fingerprint density at radius 2 is 2.28 bits per heavy atom. The fourth-order valence-electron chi connectivity index (χ4n) is 2.74. The summed E-state index contributed by atoms with van der Waals surface area (Å²) >= 11 is 0. The SMILES string of the molecule is COCCn1cc(NC2CCCC(C)C2C)cn1. The summed E-state index contributed by atoms with van der Waals surface area (Å²) in [6, 6.07) is 0.592. The highest BCUT2D eigenvalue weighted by Gasteiger charge is 2.26. The maximum atomic E-state index is 5.05. The van der Waals surface area contributed by atoms with Crippen molar-refractivity contribution in [3.05, 3.63) is 12.4 Å². The molecule has 0 aromatic carbocycles. The van der Waals surface area contributed by atoms with Crippen LogP contribution in [0.15, 0.2) is 12.4 Å². The topological polar surface area (TPSA) is 39.1 Å². The lowest BCUT2D eigenvalue weighted by Gasteiger charge is -2.34. The predicted octanol–water partition coefficient (Wildman–Crippen LogP) is 2.77. The monoisotopic (exact) mass is 251 g/mol. The molecule has 0 spiro atoms. The van der Waals surface area contributed by atoms with Gasteiger partial charge >= 0.3 is 0 Å². The molecule has 0 bridgehead atoms. The van der Waals surface area contributed by atoms with Crippen molar-refractivity contribution in [3.63, 3.8) is 0 Å². The molecule has 102 valence electrons. The van der Waals surface area contributed by atoms with Crippen molar-refractivity contribution < 1.29 is 4.74 Å². The normalized spacial score (nSPS) is 28.3. The fourth-order valence-corrected chi connectivity index (χ4v) is 2.74. The molecule has 1 aliphatic carbocycles. The van der Waals surface area contributed by atoms with Crippen LogP contribution in [0.25, 0.3) is 0 Å². The highest BCUT2D eigenvalue weighted by atomic mass is 16.5. The molecule has 0 aliphatic heterocycles. The minimum Gasteiger partial charge on any atom is -0.383 e. The Kier molecular flexibility index (Phi) is 4.64. The number of hydrogen-bond acceptors (Lipinski definition) is 3. The maximum Gasteiger partial charge on any atom is 0.0728 e. The predicted molar refractivity (Wildman–Crippen MR) is 73.7 cm³/mol. The summed E-state index contributed by atoms with van der Waals surface area (Å²) in [4.78, 5) is 0. The Balaban J connectivity index is 1.90. The summed E-state index contributed by atoms with van der Waals surface area (Å²) in [5.74, 6) is 1.56. The molecule has 4 nitrogen and oxygen atoms in total. The van der Waals surface area contributed by atoms with E-state index >= 15 is 0 Å². The van der Waals surface area contributed by atoms with E-state index in [9.17, 15) is 0 Å². The molecule has 3 unspecified atom stereocenters. The van der Waals surface area contributed by atoms with Gasteiger partial charge in [0.15, 0.2) is 0 Å². The van der Waals surface area contributed by atoms with Gasteiger partial charge in [0.25, 0.3) is 0 Å². The first kappa shape index (κ1) is 13.4. The van der Waals surface area contributed by atoms with E-state index in [-0.39, 0.29) is 0 Å². The molecular formula is C14H25N3O. The number of anilines is 1. The molecule has 0 saturated heterocycles. The van der Waals surface area contributed by atoms with Crippen molar-refractivity contribution in [3.8, 4) is 0 Å². The summed E-state index contributed by atoms with van der Waals surface area (Å²) in [5, 5.41) is 7.97. The summed E-state index contributed by atoms with van der Waals surface area (Å²) in [6.45, 7) is 6.24. The van der Waals surface area contributed by atoms with Gasteiger partial charge in [0.2, 0.25) is 0 Å². The number of rotatable bonds is 5. The molecule has 18 heavy (non-hydrogen) atoms. The minimum atomic E-state index is 0.592. The summed E-state index contributed by atoms with van der Waals surface area (Å²) < 4.78 is 6.99. The Morgan fingerprint density at radius 1 is 1.44 bits per heavy atom. The maximum absolute atomic E-state index is 5.05. The van der Waals surface area contributed by atoms with E-state index in [4.69, 9.17) is 4.74 Å². The van der Waals surface area contributed by atoms with Crippen molar-refractivity contribution >= 4 is 5.69 Å². The Labute approximate surface area is 110 Å². The van der Waals surface area contributed by atoms with Crippen molar-refractivity contribution in [2.75, 3.05) is 19.0 Å². The summed E-state index contributed by atoms with van der Waals surface area (Å²) in [6.07, 6.45) is 7.97. The van der Waals surface area contributed by atoms with E-state index in [0.29, 0.717) is 12.6 Å². The van der Waals surface area contributed by atoms with Gasteiger partial charge in [-0.3, -0.25) is 4.68 Å². The second-order valence-corrected chi connectivity index (χ2v) is 5.50. The minimum absolute atomic E-state index is 0.592. The Morgan fingerprint density at radius 3 is 3.06 bits per heavy atom. The van der Waals surface area contributed by atoms with Crippen LogP contribution in [-0.2, 0) is 11.3 Å². The molecule has 0 amide bonds. The smallest absolute Gasteiger partial charge is 0.0728 e. The second kappa shape index (κ2) is 6.23. The zero-order chi connectivity index (χ0) is 13.0. The van der Waals surface area contributed by atoms with Crippen molar-refractivity contribution in [2.24, 2.45) is 11.8 Å². The van der Waals surface area contributed by atoms with Crippen LogP contribution in [0.2, 0.25) is 0 Å². The molecule has 0 radical (unpaired) electrons. The molecule has 1 aromatic heterocycles. The highest BCUT2D eigenvalue weighted by molar-refractivity contribution is 5.39. The van der Waals surface area contributed by atoms with E-state index < -0.39 is 0 Å². The number of aromatic nitrogens is 2. The number of methoxy groups -OCH3 is 1. The average Bonchev–Trinajstić information content (AvgIpc) is 2.80. The van der Waals surface area contributed by atoms with Gasteiger partial charge in [0.05, 0.1) is 25.0 Å². The van der Waals surface area contributed by atoms with Gasteiger partial charge in [0, 0.05) is 19.3 Å². The van der Waals surface area contributed by atoms with Gasteiger partial charge in [-0.25, -0.2) is 0 Å². The van der Waals surface area contributed by atoms with Gasteiger partial charge in [-0.15, -0.1) is 0 Å². The first-order chi connectivity index (χ1) is 8.70. The van der Waals surface area contributed by atoms with Crippen LogP contribution >= 0.6 is 0 Å². The molecule has 1 aromatic rings. The van der Waals surface area contributed by atoms with E-state index in [0.717, 1.165) is 24.1 Å². The molecular weight excluding hydrogens is 226 g/mol. The molecule has 1 heterocycles. The summed E-state index contributed by atoms with van der Waals surface area (Å²) in [5.41, 5.74) is 1.14. The van der Waals surface area contributed by atoms with Crippen LogP contribution < -0.4 is 5.32 Å².